The van der Waals surface area contributed by atoms with Crippen molar-refractivity contribution in [3.63, 3.8) is 0 Å². The second-order valence-corrected chi connectivity index (χ2v) is 7.62. The smallest absolute Gasteiger partial charge is 0.305 e. The number of carbonyl (C=O) groups is 1. The monoisotopic (exact) mass is 401 g/mol. The second-order valence-electron chi connectivity index (χ2n) is 7.62. The van der Waals surface area contributed by atoms with Crippen molar-refractivity contribution >= 4 is 17.3 Å². The van der Waals surface area contributed by atoms with Crippen LogP contribution >= 0.6 is 0 Å². The quantitative estimate of drug-likeness (QED) is 0.735. The van der Waals surface area contributed by atoms with Crippen molar-refractivity contribution in [3.8, 4) is 6.07 Å². The van der Waals surface area contributed by atoms with Crippen molar-refractivity contribution in [2.75, 3.05) is 12.3 Å². The maximum Gasteiger partial charge on any atom is 0.305 e. The van der Waals surface area contributed by atoms with Crippen molar-refractivity contribution in [2.45, 2.75) is 63.3 Å². The summed E-state index contributed by atoms with van der Waals surface area (Å²) in [5, 5.41) is 14.4. The highest BCUT2D eigenvalue weighted by atomic mass is 16.8. The highest BCUT2D eigenvalue weighted by Crippen LogP contribution is 2.49. The van der Waals surface area contributed by atoms with Gasteiger partial charge in [0, 0.05) is 6.42 Å². The lowest BCUT2D eigenvalue weighted by atomic mass is 9.92. The number of aromatic nitrogens is 3. The van der Waals surface area contributed by atoms with Gasteiger partial charge in [-0.1, -0.05) is 6.92 Å². The molecule has 154 valence electrons. The molecule has 0 aliphatic carbocycles. The molecule has 2 aliphatic rings. The van der Waals surface area contributed by atoms with E-state index >= 15 is 0 Å². The average molecular weight is 401 g/mol. The van der Waals surface area contributed by atoms with Gasteiger partial charge in [0.25, 0.3) is 0 Å². The number of ether oxygens (including phenoxy) is 4. The molecule has 29 heavy (non-hydrogen) atoms. The second kappa shape index (κ2) is 6.95. The molecule has 0 aromatic carbocycles. The molecule has 0 amide bonds. The minimum atomic E-state index is -1.52. The molecule has 2 fully saturated rings. The summed E-state index contributed by atoms with van der Waals surface area (Å²) in [5.74, 6) is -0.967. The topological polar surface area (TPSA) is 134 Å². The molecule has 10 heteroatoms. The summed E-state index contributed by atoms with van der Waals surface area (Å²) in [4.78, 5) is 15.8. The predicted octanol–water partition coefficient (Wildman–Crippen LogP) is 1.29. The number of hydrogen-bond acceptors (Lipinski definition) is 9. The minimum absolute atomic E-state index is 0.0384. The normalized spacial score (nSPS) is 30.2. The fourth-order valence-electron chi connectivity index (χ4n) is 3.92. The summed E-state index contributed by atoms with van der Waals surface area (Å²) in [6, 6.07) is 5.68. The van der Waals surface area contributed by atoms with E-state index in [-0.39, 0.29) is 18.4 Å². The molecule has 2 aromatic heterocycles. The van der Waals surface area contributed by atoms with Gasteiger partial charge in [0.2, 0.25) is 5.60 Å². The molecule has 4 rings (SSSR count). The molecule has 0 bridgehead atoms. The van der Waals surface area contributed by atoms with Crippen molar-refractivity contribution < 1.29 is 23.7 Å². The van der Waals surface area contributed by atoms with E-state index in [2.05, 4.69) is 16.2 Å². The van der Waals surface area contributed by atoms with Gasteiger partial charge >= 0.3 is 5.97 Å². The van der Waals surface area contributed by atoms with E-state index in [1.54, 1.807) is 26.0 Å². The molecule has 0 radical (unpaired) electrons. The molecule has 4 atom stereocenters. The average Bonchev–Trinajstić information content (AvgIpc) is 3.32. The van der Waals surface area contributed by atoms with Gasteiger partial charge in [-0.05, 0) is 32.4 Å². The fraction of sp³-hybridized carbons (Fsp3) is 0.579. The standard InChI is InChI=1S/C19H23N5O5/c1-4-5-14(25)26-8-12-15-16(29-18(2,3)28-15)19(9-20,27-12)13-7-6-11-17(21)22-10-23-24(11)13/h6-7,10,12,15-16H,4-5,8H2,1-3H3,(H2,21,22,23)/t12-,15-,16-,19+/m1/s1. The number of nitrogen functional groups attached to an aromatic ring is 1. The van der Waals surface area contributed by atoms with Crippen LogP contribution < -0.4 is 5.73 Å². The molecule has 2 aliphatic heterocycles. The van der Waals surface area contributed by atoms with Crippen LogP contribution in [0.5, 0.6) is 0 Å². The lowest BCUT2D eigenvalue weighted by molar-refractivity contribution is -0.206. The van der Waals surface area contributed by atoms with Gasteiger partial charge in [-0.25, -0.2) is 9.50 Å². The van der Waals surface area contributed by atoms with Gasteiger partial charge in [0.05, 0.1) is 5.69 Å². The Morgan fingerprint density at radius 2 is 2.17 bits per heavy atom. The van der Waals surface area contributed by atoms with Gasteiger partial charge in [-0.15, -0.1) is 0 Å². The van der Waals surface area contributed by atoms with Gasteiger partial charge in [0.1, 0.15) is 42.8 Å². The van der Waals surface area contributed by atoms with Crippen LogP contribution in [0.4, 0.5) is 5.82 Å². The number of fused-ring (bicyclic) bond motifs is 2. The Balaban J connectivity index is 1.73. The van der Waals surface area contributed by atoms with Crippen LogP contribution in [-0.2, 0) is 29.3 Å². The summed E-state index contributed by atoms with van der Waals surface area (Å²) in [6.07, 6.45) is 0.292. The highest BCUT2D eigenvalue weighted by Gasteiger charge is 2.65. The van der Waals surface area contributed by atoms with E-state index in [1.165, 1.54) is 10.8 Å². The number of nitrogens with two attached hydrogens (primary N) is 1. The van der Waals surface area contributed by atoms with Crippen LogP contribution in [-0.4, -0.2) is 51.3 Å². The SMILES string of the molecule is CCCC(=O)OC[C@H]1O[C@@](C#N)(c2ccc3c(N)ncnn23)[C@@H]2OC(C)(C)O[C@@H]21. The summed E-state index contributed by atoms with van der Waals surface area (Å²) >= 11 is 0. The number of carbonyl (C=O) groups excluding carboxylic acids is 1. The lowest BCUT2D eigenvalue weighted by Gasteiger charge is -2.28. The van der Waals surface area contributed by atoms with Gasteiger partial charge < -0.3 is 24.7 Å². The molecule has 2 aromatic rings. The zero-order valence-electron chi connectivity index (χ0n) is 16.5. The van der Waals surface area contributed by atoms with Crippen LogP contribution in [0.15, 0.2) is 18.5 Å². The van der Waals surface area contributed by atoms with Crippen molar-refractivity contribution in [2.24, 2.45) is 0 Å². The maximum atomic E-state index is 11.8. The van der Waals surface area contributed by atoms with Crippen LogP contribution in [0.3, 0.4) is 0 Å². The van der Waals surface area contributed by atoms with E-state index in [4.69, 9.17) is 24.7 Å². The number of rotatable bonds is 5. The van der Waals surface area contributed by atoms with Gasteiger partial charge in [-0.3, -0.25) is 4.79 Å². The zero-order chi connectivity index (χ0) is 20.8. The Labute approximate surface area is 167 Å². The van der Waals surface area contributed by atoms with Crippen molar-refractivity contribution in [1.29, 1.82) is 5.26 Å². The molecule has 0 unspecified atom stereocenters. The Hall–Kier alpha value is -2.74. The summed E-state index contributed by atoms with van der Waals surface area (Å²) < 4.78 is 25.1. The van der Waals surface area contributed by atoms with E-state index in [0.29, 0.717) is 24.1 Å². The molecule has 0 spiro atoms. The Morgan fingerprint density at radius 3 is 2.90 bits per heavy atom. The van der Waals surface area contributed by atoms with E-state index in [0.717, 1.165) is 0 Å². The first-order valence-electron chi connectivity index (χ1n) is 9.50. The van der Waals surface area contributed by atoms with Gasteiger partial charge in [-0.2, -0.15) is 10.4 Å². The zero-order valence-corrected chi connectivity index (χ0v) is 16.5. The number of nitrogens with zero attached hydrogens (tertiary/aromatic N) is 4. The first-order valence-corrected chi connectivity index (χ1v) is 9.50. The van der Waals surface area contributed by atoms with E-state index < -0.39 is 29.7 Å². The van der Waals surface area contributed by atoms with Gasteiger partial charge in [0.15, 0.2) is 11.6 Å². The Kier molecular flexibility index (Phi) is 4.69. The number of nitriles is 1. The molecule has 0 saturated carbocycles. The summed E-state index contributed by atoms with van der Waals surface area (Å²) in [7, 11) is 0. The predicted molar refractivity (Wildman–Crippen MR) is 99.3 cm³/mol. The molecule has 2 saturated heterocycles. The Bertz CT molecular complexity index is 983. The number of anilines is 1. The molecule has 4 heterocycles. The third-order valence-electron chi connectivity index (χ3n) is 5.12. The molecule has 2 N–H and O–H groups in total. The van der Waals surface area contributed by atoms with E-state index in [1.807, 2.05) is 6.92 Å². The van der Waals surface area contributed by atoms with Crippen LogP contribution in [0.1, 0.15) is 39.3 Å². The third-order valence-corrected chi connectivity index (χ3v) is 5.12. The van der Waals surface area contributed by atoms with Crippen molar-refractivity contribution in [3.05, 3.63) is 24.2 Å². The molecular formula is C19H23N5O5. The van der Waals surface area contributed by atoms with Crippen LogP contribution in [0.25, 0.3) is 5.52 Å². The first-order chi connectivity index (χ1) is 13.8. The Morgan fingerprint density at radius 1 is 1.38 bits per heavy atom. The third kappa shape index (κ3) is 3.11. The lowest BCUT2D eigenvalue weighted by Crippen LogP contribution is -2.40. The molecular weight excluding hydrogens is 378 g/mol. The number of esters is 1. The minimum Gasteiger partial charge on any atom is -0.463 e. The summed E-state index contributed by atoms with van der Waals surface area (Å²) in [6.45, 7) is 5.39. The first kappa shape index (κ1) is 19.6. The fourth-order valence-corrected chi connectivity index (χ4v) is 3.92. The van der Waals surface area contributed by atoms with Crippen LogP contribution in [0.2, 0.25) is 0 Å². The maximum absolute atomic E-state index is 11.8. The molecule has 10 nitrogen and oxygen atoms in total. The summed E-state index contributed by atoms with van der Waals surface area (Å²) in [5.41, 5.74) is 5.41. The number of hydrogen-bond donors (Lipinski definition) is 1. The largest absolute Gasteiger partial charge is 0.463 e. The van der Waals surface area contributed by atoms with Crippen LogP contribution in [0, 0.1) is 11.3 Å². The highest BCUT2D eigenvalue weighted by molar-refractivity contribution is 5.69. The van der Waals surface area contributed by atoms with Crippen molar-refractivity contribution in [1.82, 2.24) is 14.6 Å². The van der Waals surface area contributed by atoms with E-state index in [9.17, 15) is 10.1 Å².